The number of fused-ring (bicyclic) bond motifs is 1. The molecule has 2 aromatic carbocycles. The first-order valence-corrected chi connectivity index (χ1v) is 27.5. The second-order valence-corrected chi connectivity index (χ2v) is 22.2. The summed E-state index contributed by atoms with van der Waals surface area (Å²) in [4.78, 5) is 77.0. The van der Waals surface area contributed by atoms with Crippen LogP contribution in [0.3, 0.4) is 0 Å². The molecule has 0 spiro atoms. The molecule has 7 heterocycles. The molecule has 3 saturated heterocycles. The number of thiazole rings is 1. The summed E-state index contributed by atoms with van der Waals surface area (Å²) in [7, 11) is 0. The number of carbonyl (C=O) groups excluding carboxylic acids is 4. The summed E-state index contributed by atoms with van der Waals surface area (Å²) in [5, 5.41) is 21.6. The van der Waals surface area contributed by atoms with Gasteiger partial charge in [0, 0.05) is 65.1 Å². The van der Waals surface area contributed by atoms with E-state index in [4.69, 9.17) is 10.1 Å². The fourth-order valence-electron chi connectivity index (χ4n) is 10.7. The largest absolute Gasteiger partial charge is 0.391 e. The first-order chi connectivity index (χ1) is 36.2. The third-order valence-electron chi connectivity index (χ3n) is 14.8. The highest BCUT2D eigenvalue weighted by atomic mass is 32.1. The minimum Gasteiger partial charge on any atom is -0.391 e. The van der Waals surface area contributed by atoms with Gasteiger partial charge in [-0.1, -0.05) is 88.9 Å². The number of rotatable bonds is 19. The molecule has 75 heavy (non-hydrogen) atoms. The van der Waals surface area contributed by atoms with Crippen LogP contribution in [0.1, 0.15) is 114 Å². The standard InChI is InChI=1S/C57H70FN11O5S/c1-38-53(75-37-61-38)40-23-21-39(22-24-40)34-60-55(73)46-33-43(70)36-68(46)56(74)54(57(2,3)4)63-51(71)19-9-7-5-6-8-10-20-52(72)66-30-28-65(29-31-66)49-18-12-16-44(62-49)47-35-59-48-25-26-50(64-69(47)48)67-27-13-17-45(67)41-14-11-15-42(58)32-41/h11-12,14-16,18,21-26,32,35,37,43,45-46,54,70H,5-10,13,17,19-20,27-31,33-34,36H2,1-4H3,(H,60,73)(H,63,71)/t43-,45?,46+,54-/m1/s1. The molecular formula is C57H70FN11O5S. The first-order valence-electron chi connectivity index (χ1n) is 26.6. The number of anilines is 2. The lowest BCUT2D eigenvalue weighted by Crippen LogP contribution is -2.57. The Morgan fingerprint density at radius 1 is 0.853 bits per heavy atom. The van der Waals surface area contributed by atoms with Gasteiger partial charge < -0.3 is 35.3 Å². The molecule has 396 valence electrons. The van der Waals surface area contributed by atoms with Crippen molar-refractivity contribution in [1.29, 1.82) is 0 Å². The molecule has 0 saturated carbocycles. The molecule has 0 bridgehead atoms. The molecule has 16 nitrogen and oxygen atoms in total. The SMILES string of the molecule is Cc1ncsc1-c1ccc(CNC(=O)[C@@H]2C[C@@H](O)CN2C(=O)[C@@H](NC(=O)CCCCCCCCC(=O)N2CCN(c3cccc(-c4cnc5ccc(N6CCCC6c6cccc(F)c6)nn45)n3)CC2)C(C)(C)C)cc1. The number of benzene rings is 2. The number of aliphatic hydroxyl groups excluding tert-OH is 1. The van der Waals surface area contributed by atoms with Gasteiger partial charge in [-0.25, -0.2) is 23.9 Å². The third kappa shape index (κ3) is 12.8. The van der Waals surface area contributed by atoms with Crippen LogP contribution in [0.2, 0.25) is 0 Å². The summed E-state index contributed by atoms with van der Waals surface area (Å²) in [5.41, 5.74) is 7.32. The maximum atomic E-state index is 14.2. The van der Waals surface area contributed by atoms with Gasteiger partial charge in [-0.15, -0.1) is 16.4 Å². The van der Waals surface area contributed by atoms with Crippen molar-refractivity contribution in [3.8, 4) is 21.8 Å². The Balaban J connectivity index is 0.672. The lowest BCUT2D eigenvalue weighted by molar-refractivity contribution is -0.144. The lowest BCUT2D eigenvalue weighted by atomic mass is 9.85. The number of nitrogens with one attached hydrogen (secondary N) is 2. The first kappa shape index (κ1) is 53.1. The zero-order valence-corrected chi connectivity index (χ0v) is 44.4. The number of carbonyl (C=O) groups is 4. The fourth-order valence-corrected chi connectivity index (χ4v) is 11.5. The maximum absolute atomic E-state index is 14.2. The predicted octanol–water partition coefficient (Wildman–Crippen LogP) is 8.28. The predicted molar refractivity (Wildman–Crippen MR) is 289 cm³/mol. The number of halogens is 1. The molecule has 3 aliphatic rings. The molecule has 1 unspecified atom stereocenters. The molecule has 3 N–H and O–H groups in total. The van der Waals surface area contributed by atoms with Gasteiger partial charge in [0.05, 0.1) is 40.1 Å². The van der Waals surface area contributed by atoms with E-state index in [-0.39, 0.29) is 61.4 Å². The van der Waals surface area contributed by atoms with Crippen LogP contribution in [0.4, 0.5) is 16.0 Å². The van der Waals surface area contributed by atoms with E-state index < -0.39 is 23.6 Å². The Morgan fingerprint density at radius 3 is 2.33 bits per heavy atom. The number of aliphatic hydroxyl groups is 1. The summed E-state index contributed by atoms with van der Waals surface area (Å²) in [6.45, 7) is 11.4. The minimum absolute atomic E-state index is 0.0208. The molecule has 4 atom stereocenters. The molecule has 0 radical (unpaired) electrons. The number of unbranched alkanes of at least 4 members (excludes halogenated alkanes) is 5. The number of aromatic nitrogens is 5. The summed E-state index contributed by atoms with van der Waals surface area (Å²) >= 11 is 1.58. The maximum Gasteiger partial charge on any atom is 0.246 e. The number of aryl methyl sites for hydroxylation is 1. The lowest BCUT2D eigenvalue weighted by Gasteiger charge is -2.35. The number of nitrogens with zero attached hydrogens (tertiary/aromatic N) is 9. The van der Waals surface area contributed by atoms with Crippen molar-refractivity contribution in [2.45, 2.75) is 129 Å². The van der Waals surface area contributed by atoms with Crippen molar-refractivity contribution in [3.05, 3.63) is 113 Å². The molecule has 4 amide bonds. The molecule has 4 aromatic heterocycles. The van der Waals surface area contributed by atoms with Crippen molar-refractivity contribution in [2.24, 2.45) is 5.41 Å². The number of hydrogen-bond donors (Lipinski definition) is 3. The number of piperazine rings is 1. The Hall–Kier alpha value is -6.79. The van der Waals surface area contributed by atoms with Gasteiger partial charge in [0.15, 0.2) is 5.65 Å². The monoisotopic (exact) mass is 1040 g/mol. The van der Waals surface area contributed by atoms with Crippen LogP contribution in [0.15, 0.2) is 90.6 Å². The van der Waals surface area contributed by atoms with Gasteiger partial charge in [0.25, 0.3) is 0 Å². The normalized spacial score (nSPS) is 18.5. The van der Waals surface area contributed by atoms with Crippen molar-refractivity contribution in [1.82, 2.24) is 45.0 Å². The Morgan fingerprint density at radius 2 is 1.60 bits per heavy atom. The van der Waals surface area contributed by atoms with Crippen molar-refractivity contribution in [3.63, 3.8) is 0 Å². The van der Waals surface area contributed by atoms with E-state index in [0.717, 1.165) is 102 Å². The summed E-state index contributed by atoms with van der Waals surface area (Å²) < 4.78 is 16.0. The van der Waals surface area contributed by atoms with E-state index in [1.807, 2.05) is 103 Å². The van der Waals surface area contributed by atoms with E-state index in [1.54, 1.807) is 29.7 Å². The topological polar surface area (TPSA) is 182 Å². The van der Waals surface area contributed by atoms with Gasteiger partial charge in [-0.3, -0.25) is 19.2 Å². The number of likely N-dealkylation sites (tertiary alicyclic amines) is 1. The Labute approximate surface area is 442 Å². The molecule has 6 aromatic rings. The molecule has 3 aliphatic heterocycles. The van der Waals surface area contributed by atoms with Gasteiger partial charge in [-0.05, 0) is 91.1 Å². The van der Waals surface area contributed by atoms with Crippen LogP contribution < -0.4 is 20.4 Å². The number of amides is 4. The van der Waals surface area contributed by atoms with Crippen LogP contribution in [-0.2, 0) is 25.7 Å². The Kier molecular flexibility index (Phi) is 16.9. The van der Waals surface area contributed by atoms with Crippen LogP contribution in [0, 0.1) is 18.2 Å². The number of hydrogen-bond acceptors (Lipinski definition) is 12. The zero-order valence-electron chi connectivity index (χ0n) is 43.6. The summed E-state index contributed by atoms with van der Waals surface area (Å²) in [6.07, 6.45) is 8.93. The van der Waals surface area contributed by atoms with Gasteiger partial charge in [-0.2, -0.15) is 0 Å². The second kappa shape index (κ2) is 23.8. The third-order valence-corrected chi connectivity index (χ3v) is 15.8. The van der Waals surface area contributed by atoms with E-state index >= 15 is 0 Å². The van der Waals surface area contributed by atoms with E-state index in [1.165, 1.54) is 11.0 Å². The highest BCUT2D eigenvalue weighted by molar-refractivity contribution is 7.13. The van der Waals surface area contributed by atoms with Crippen molar-refractivity contribution >= 4 is 52.2 Å². The van der Waals surface area contributed by atoms with Crippen molar-refractivity contribution in [2.75, 3.05) is 49.1 Å². The number of pyridine rings is 1. The summed E-state index contributed by atoms with van der Waals surface area (Å²) in [5.74, 6) is 0.646. The molecule has 9 rings (SSSR count). The van der Waals surface area contributed by atoms with Crippen LogP contribution in [-0.4, -0.2) is 121 Å². The molecule has 18 heteroatoms. The van der Waals surface area contributed by atoms with Gasteiger partial charge in [0.2, 0.25) is 23.6 Å². The van der Waals surface area contributed by atoms with Gasteiger partial charge >= 0.3 is 0 Å². The molecule has 3 fully saturated rings. The Bertz CT molecular complexity index is 2950. The fraction of sp³-hybridized carbons (Fsp3) is 0.474. The van der Waals surface area contributed by atoms with Crippen LogP contribution >= 0.6 is 11.3 Å². The van der Waals surface area contributed by atoms with E-state index in [9.17, 15) is 28.7 Å². The number of β-amino-alcohol motifs (C(OH)–C–C–N with tert-alkyl or cyclic N) is 1. The smallest absolute Gasteiger partial charge is 0.246 e. The van der Waals surface area contributed by atoms with Crippen LogP contribution in [0.25, 0.3) is 27.5 Å². The van der Waals surface area contributed by atoms with E-state index in [2.05, 4.69) is 30.4 Å². The highest BCUT2D eigenvalue weighted by Gasteiger charge is 2.44. The minimum atomic E-state index is -0.871. The average Bonchev–Trinajstić information content (AvgIpc) is 4.25. The highest BCUT2D eigenvalue weighted by Crippen LogP contribution is 2.36. The van der Waals surface area contributed by atoms with Gasteiger partial charge in [0.1, 0.15) is 35.2 Å². The quantitative estimate of drug-likeness (QED) is 0.0665. The number of imidazole rings is 1. The molecule has 0 aliphatic carbocycles. The second-order valence-electron chi connectivity index (χ2n) is 21.3. The molecular weight excluding hydrogens is 970 g/mol. The zero-order chi connectivity index (χ0) is 52.6. The van der Waals surface area contributed by atoms with Crippen molar-refractivity contribution < 1.29 is 28.7 Å². The summed E-state index contributed by atoms with van der Waals surface area (Å²) in [6, 6.07) is 23.0. The average molecular weight is 1040 g/mol. The van der Waals surface area contributed by atoms with E-state index in [0.29, 0.717) is 44.7 Å². The van der Waals surface area contributed by atoms with Crippen LogP contribution in [0.5, 0.6) is 0 Å².